The minimum Gasteiger partial charge on any atom is -0.481 e. The molecule has 33 heavy (non-hydrogen) atoms. The number of rotatable bonds is 5. The molecule has 1 aliphatic heterocycles. The van der Waals surface area contributed by atoms with Crippen LogP contribution in [0.15, 0.2) is 42.6 Å². The topological polar surface area (TPSA) is 88.4 Å². The monoisotopic (exact) mass is 460 g/mol. The second-order valence-corrected chi connectivity index (χ2v) is 9.19. The lowest BCUT2D eigenvalue weighted by Crippen LogP contribution is -2.37. The molecule has 1 aliphatic rings. The number of aliphatic carboxylic acids is 1. The van der Waals surface area contributed by atoms with Crippen LogP contribution in [0, 0.1) is 13.8 Å². The Balaban J connectivity index is 1.65. The number of aromatic nitrogens is 3. The summed E-state index contributed by atoms with van der Waals surface area (Å²) in [5.74, 6) is -0.168. The van der Waals surface area contributed by atoms with Crippen LogP contribution in [-0.2, 0) is 16.0 Å². The van der Waals surface area contributed by atoms with Crippen molar-refractivity contribution in [2.75, 3.05) is 31.2 Å². The highest BCUT2D eigenvalue weighted by molar-refractivity contribution is 7.22. The lowest BCUT2D eigenvalue weighted by Gasteiger charge is -2.26. The van der Waals surface area contributed by atoms with Gasteiger partial charge in [-0.2, -0.15) is 0 Å². The summed E-state index contributed by atoms with van der Waals surface area (Å²) in [6, 6.07) is 12.1. The number of aryl methyl sites for hydroxylation is 2. The fourth-order valence-electron chi connectivity index (χ4n) is 4.13. The van der Waals surface area contributed by atoms with Gasteiger partial charge in [0.25, 0.3) is 0 Å². The molecule has 0 atom stereocenters. The molecule has 8 heteroatoms. The first kappa shape index (κ1) is 21.5. The number of fused-ring (bicyclic) bond motifs is 1. The van der Waals surface area contributed by atoms with Crippen LogP contribution in [0.25, 0.3) is 32.0 Å². The SMILES string of the molecule is Cc1ccc(-c2c(CC(=O)O)c(C)cc3nc(-c4ccnc(N5CCOCC5)n4)sc23)cc1. The maximum absolute atomic E-state index is 11.7. The molecule has 0 amide bonds. The zero-order valence-electron chi connectivity index (χ0n) is 18.5. The summed E-state index contributed by atoms with van der Waals surface area (Å²) in [4.78, 5) is 27.9. The summed E-state index contributed by atoms with van der Waals surface area (Å²) < 4.78 is 6.41. The van der Waals surface area contributed by atoms with Gasteiger partial charge in [-0.25, -0.2) is 15.0 Å². The second kappa shape index (κ2) is 8.88. The van der Waals surface area contributed by atoms with Crippen LogP contribution in [0.1, 0.15) is 16.7 Å². The predicted molar refractivity (Wildman–Crippen MR) is 130 cm³/mol. The summed E-state index contributed by atoms with van der Waals surface area (Å²) in [5, 5.41) is 10.4. The number of nitrogens with zero attached hydrogens (tertiary/aromatic N) is 4. The minimum absolute atomic E-state index is 0.0348. The quantitative estimate of drug-likeness (QED) is 0.469. The minimum atomic E-state index is -0.846. The Bertz CT molecular complexity index is 1330. The highest BCUT2D eigenvalue weighted by Crippen LogP contribution is 2.40. The van der Waals surface area contributed by atoms with Crippen LogP contribution >= 0.6 is 11.3 Å². The Morgan fingerprint density at radius 1 is 1.12 bits per heavy atom. The molecule has 168 valence electrons. The smallest absolute Gasteiger partial charge is 0.307 e. The molecule has 7 nitrogen and oxygen atoms in total. The first-order valence-electron chi connectivity index (χ1n) is 10.9. The molecule has 2 aromatic heterocycles. The number of carboxylic acids is 1. The van der Waals surface area contributed by atoms with E-state index in [4.69, 9.17) is 14.7 Å². The van der Waals surface area contributed by atoms with Gasteiger partial charge in [0, 0.05) is 24.8 Å². The van der Waals surface area contributed by atoms with Gasteiger partial charge in [0.15, 0.2) is 0 Å². The third kappa shape index (κ3) is 4.31. The van der Waals surface area contributed by atoms with Gasteiger partial charge in [-0.15, -0.1) is 11.3 Å². The van der Waals surface area contributed by atoms with Crippen molar-refractivity contribution >= 4 is 33.5 Å². The normalized spacial score (nSPS) is 14.1. The molecule has 1 saturated heterocycles. The van der Waals surface area contributed by atoms with E-state index in [0.717, 1.165) is 61.8 Å². The highest BCUT2D eigenvalue weighted by atomic mass is 32.1. The molecule has 0 bridgehead atoms. The standard InChI is InChI=1S/C25H24N4O3S/c1-15-3-5-17(6-4-15)22-18(14-21(30)31)16(2)13-20-23(22)33-24(27-20)19-7-8-26-25(28-19)29-9-11-32-12-10-29/h3-8,13H,9-12,14H2,1-2H3,(H,30,31). The fraction of sp³-hybridized carbons (Fsp3) is 0.280. The van der Waals surface area contributed by atoms with E-state index < -0.39 is 5.97 Å². The average molecular weight is 461 g/mol. The Labute approximate surface area is 195 Å². The fourth-order valence-corrected chi connectivity index (χ4v) is 5.24. The molecule has 3 heterocycles. The predicted octanol–water partition coefficient (Wildman–Crippen LogP) is 4.50. The Morgan fingerprint density at radius 3 is 2.61 bits per heavy atom. The number of hydrogen-bond donors (Lipinski definition) is 1. The van der Waals surface area contributed by atoms with Gasteiger partial charge in [0.1, 0.15) is 10.7 Å². The summed E-state index contributed by atoms with van der Waals surface area (Å²) in [6.07, 6.45) is 1.73. The molecule has 1 N–H and O–H groups in total. The zero-order valence-corrected chi connectivity index (χ0v) is 19.4. The Kier molecular flexibility index (Phi) is 5.78. The summed E-state index contributed by atoms with van der Waals surface area (Å²) in [6.45, 7) is 6.85. The van der Waals surface area contributed by atoms with E-state index in [2.05, 4.69) is 34.1 Å². The molecule has 4 aromatic rings. The Morgan fingerprint density at radius 2 is 1.88 bits per heavy atom. The number of anilines is 1. The van der Waals surface area contributed by atoms with Gasteiger partial charge in [-0.3, -0.25) is 4.79 Å². The largest absolute Gasteiger partial charge is 0.481 e. The van der Waals surface area contributed by atoms with Crippen LogP contribution in [0.2, 0.25) is 0 Å². The van der Waals surface area contributed by atoms with E-state index in [1.807, 2.05) is 26.0 Å². The average Bonchev–Trinajstić information content (AvgIpc) is 3.24. The van der Waals surface area contributed by atoms with Gasteiger partial charge < -0.3 is 14.7 Å². The molecule has 0 radical (unpaired) electrons. The number of hydrogen-bond acceptors (Lipinski definition) is 7. The number of morpholine rings is 1. The summed E-state index contributed by atoms with van der Waals surface area (Å²) >= 11 is 1.54. The van der Waals surface area contributed by atoms with Gasteiger partial charge in [0.2, 0.25) is 5.95 Å². The lowest BCUT2D eigenvalue weighted by molar-refractivity contribution is -0.136. The van der Waals surface area contributed by atoms with Gasteiger partial charge >= 0.3 is 5.97 Å². The van der Waals surface area contributed by atoms with Crippen molar-refractivity contribution in [3.8, 4) is 21.8 Å². The van der Waals surface area contributed by atoms with E-state index in [0.29, 0.717) is 19.2 Å². The molecule has 1 fully saturated rings. The van der Waals surface area contributed by atoms with Crippen LogP contribution < -0.4 is 4.90 Å². The zero-order chi connectivity index (χ0) is 22.9. The molecular weight excluding hydrogens is 436 g/mol. The van der Waals surface area contributed by atoms with Crippen LogP contribution in [0.4, 0.5) is 5.95 Å². The van der Waals surface area contributed by atoms with Gasteiger partial charge in [0.05, 0.1) is 29.9 Å². The first-order chi connectivity index (χ1) is 16.0. The van der Waals surface area contributed by atoms with Crippen molar-refractivity contribution in [1.29, 1.82) is 0 Å². The summed E-state index contributed by atoms with van der Waals surface area (Å²) in [7, 11) is 0. The highest BCUT2D eigenvalue weighted by Gasteiger charge is 2.21. The van der Waals surface area contributed by atoms with E-state index in [1.165, 1.54) is 0 Å². The van der Waals surface area contributed by atoms with E-state index in [-0.39, 0.29) is 6.42 Å². The second-order valence-electron chi connectivity index (χ2n) is 8.19. The third-order valence-corrected chi connectivity index (χ3v) is 6.95. The molecule has 0 unspecified atom stereocenters. The number of benzene rings is 2. The van der Waals surface area contributed by atoms with Crippen LogP contribution in [0.3, 0.4) is 0 Å². The van der Waals surface area contributed by atoms with Crippen molar-refractivity contribution in [3.05, 3.63) is 59.3 Å². The van der Waals surface area contributed by atoms with E-state index >= 15 is 0 Å². The maximum atomic E-state index is 11.7. The first-order valence-corrected chi connectivity index (χ1v) is 11.7. The number of ether oxygens (including phenoxy) is 1. The van der Waals surface area contributed by atoms with Crippen molar-refractivity contribution < 1.29 is 14.6 Å². The third-order valence-electron chi connectivity index (χ3n) is 5.84. The molecule has 0 aliphatic carbocycles. The molecule has 0 spiro atoms. The molecular formula is C25H24N4O3S. The molecule has 0 saturated carbocycles. The van der Waals surface area contributed by atoms with E-state index in [9.17, 15) is 9.90 Å². The number of carbonyl (C=O) groups is 1. The molecule has 5 rings (SSSR count). The number of thiazole rings is 1. The van der Waals surface area contributed by atoms with Crippen LogP contribution in [-0.4, -0.2) is 52.3 Å². The summed E-state index contributed by atoms with van der Waals surface area (Å²) in [5.41, 5.74) is 6.46. The van der Waals surface area contributed by atoms with Crippen molar-refractivity contribution in [1.82, 2.24) is 15.0 Å². The van der Waals surface area contributed by atoms with Gasteiger partial charge in [-0.05, 0) is 42.7 Å². The van der Waals surface area contributed by atoms with Crippen molar-refractivity contribution in [2.24, 2.45) is 0 Å². The maximum Gasteiger partial charge on any atom is 0.307 e. The number of carboxylic acid groups (broad SMARTS) is 1. The van der Waals surface area contributed by atoms with Crippen LogP contribution in [0.5, 0.6) is 0 Å². The molecule has 2 aromatic carbocycles. The van der Waals surface area contributed by atoms with Crippen molar-refractivity contribution in [2.45, 2.75) is 20.3 Å². The lowest BCUT2D eigenvalue weighted by atomic mass is 9.93. The van der Waals surface area contributed by atoms with E-state index in [1.54, 1.807) is 17.5 Å². The van der Waals surface area contributed by atoms with Crippen molar-refractivity contribution in [3.63, 3.8) is 0 Å². The Hall–Kier alpha value is -3.36. The van der Waals surface area contributed by atoms with Gasteiger partial charge in [-0.1, -0.05) is 29.8 Å².